The minimum atomic E-state index is -3.70. The van der Waals surface area contributed by atoms with E-state index in [1.165, 1.54) is 17.7 Å². The number of benzene rings is 1. The zero-order valence-electron chi connectivity index (χ0n) is 13.0. The van der Waals surface area contributed by atoms with Gasteiger partial charge in [-0.2, -0.15) is 0 Å². The molecular weight excluding hydrogens is 380 g/mol. The number of sulfonamides is 1. The van der Waals surface area contributed by atoms with Gasteiger partial charge in [-0.3, -0.25) is 4.72 Å². The number of hydrogen-bond acceptors (Lipinski definition) is 6. The maximum absolute atomic E-state index is 12.2. The highest BCUT2D eigenvalue weighted by atomic mass is 35.5. The van der Waals surface area contributed by atoms with Crippen molar-refractivity contribution in [3.63, 3.8) is 0 Å². The molecule has 2 aromatic heterocycles. The Kier molecular flexibility index (Phi) is 5.52. The lowest BCUT2D eigenvalue weighted by atomic mass is 10.1. The summed E-state index contributed by atoms with van der Waals surface area (Å²) in [6.45, 7) is 0.706. The molecule has 130 valence electrons. The van der Waals surface area contributed by atoms with Gasteiger partial charge in [-0.25, -0.2) is 8.42 Å². The van der Waals surface area contributed by atoms with Gasteiger partial charge in [-0.1, -0.05) is 41.9 Å². The number of rotatable bonds is 7. The Morgan fingerprint density at radius 1 is 0.960 bits per heavy atom. The molecule has 25 heavy (non-hydrogen) atoms. The summed E-state index contributed by atoms with van der Waals surface area (Å²) >= 11 is 6.75. The van der Waals surface area contributed by atoms with E-state index in [0.29, 0.717) is 16.7 Å². The molecule has 2 heterocycles. The second kappa shape index (κ2) is 7.81. The summed E-state index contributed by atoms with van der Waals surface area (Å²) in [6.07, 6.45) is 0.857. The van der Waals surface area contributed by atoms with Gasteiger partial charge in [-0.15, -0.1) is 21.5 Å². The number of nitrogens with zero attached hydrogens (tertiary/aromatic N) is 2. The molecule has 0 aliphatic carbocycles. The number of halogens is 1. The molecule has 3 aromatic rings. The second-order valence-electron chi connectivity index (χ2n) is 5.13. The minimum absolute atomic E-state index is 0.129. The molecule has 2 N–H and O–H groups in total. The van der Waals surface area contributed by atoms with Gasteiger partial charge >= 0.3 is 0 Å². The molecule has 0 radical (unpaired) electrons. The molecule has 0 unspecified atom stereocenters. The third kappa shape index (κ3) is 4.91. The smallest absolute Gasteiger partial charge is 0.272 e. The third-order valence-corrected chi connectivity index (χ3v) is 6.36. The number of aromatic nitrogens is 2. The molecule has 0 atom stereocenters. The number of anilines is 2. The molecule has 0 fully saturated rings. The number of hydrogen-bond donors (Lipinski definition) is 2. The van der Waals surface area contributed by atoms with Crippen LogP contribution < -0.4 is 10.0 Å². The summed E-state index contributed by atoms with van der Waals surface area (Å²) in [5.41, 5.74) is 1.22. The Balaban J connectivity index is 1.57. The predicted octanol–water partition coefficient (Wildman–Crippen LogP) is 3.65. The molecule has 3 rings (SSSR count). The van der Waals surface area contributed by atoms with Gasteiger partial charge in [0, 0.05) is 6.54 Å². The summed E-state index contributed by atoms with van der Waals surface area (Å²) in [7, 11) is -3.70. The highest BCUT2D eigenvalue weighted by Crippen LogP contribution is 2.26. The van der Waals surface area contributed by atoms with Crippen LogP contribution in [0.4, 0.5) is 11.6 Å². The lowest BCUT2D eigenvalue weighted by molar-refractivity contribution is 0.603. The topological polar surface area (TPSA) is 84.0 Å². The maximum atomic E-state index is 12.2. The first-order chi connectivity index (χ1) is 12.0. The van der Waals surface area contributed by atoms with Crippen LogP contribution in [-0.4, -0.2) is 25.2 Å². The number of thiophene rings is 1. The van der Waals surface area contributed by atoms with Crippen molar-refractivity contribution in [3.05, 3.63) is 64.5 Å². The fraction of sp³-hybridized carbons (Fsp3) is 0.125. The normalized spacial score (nSPS) is 11.2. The molecule has 0 aliphatic rings. The largest absolute Gasteiger partial charge is 0.368 e. The van der Waals surface area contributed by atoms with E-state index in [1.807, 2.05) is 18.2 Å². The standard InChI is InChI=1S/C16H15ClN4O2S2/c17-13-6-9-16(24-13)25(22,23)21-15-8-7-14(19-20-15)18-11-10-12-4-2-1-3-5-12/h1-9H,10-11H2,(H,18,19)(H,20,21). The van der Waals surface area contributed by atoms with Crippen molar-refractivity contribution in [2.45, 2.75) is 10.6 Å². The molecule has 0 saturated heterocycles. The van der Waals surface area contributed by atoms with Crippen LogP contribution in [0.5, 0.6) is 0 Å². The van der Waals surface area contributed by atoms with Crippen molar-refractivity contribution in [3.8, 4) is 0 Å². The van der Waals surface area contributed by atoms with Crippen molar-refractivity contribution >= 4 is 44.6 Å². The van der Waals surface area contributed by atoms with Gasteiger partial charge in [0.25, 0.3) is 10.0 Å². The van der Waals surface area contributed by atoms with Gasteiger partial charge in [0.2, 0.25) is 0 Å². The highest BCUT2D eigenvalue weighted by Gasteiger charge is 2.17. The van der Waals surface area contributed by atoms with Gasteiger partial charge in [0.1, 0.15) is 10.0 Å². The van der Waals surface area contributed by atoms with Crippen LogP contribution in [0.1, 0.15) is 5.56 Å². The molecule has 0 saturated carbocycles. The summed E-state index contributed by atoms with van der Waals surface area (Å²) < 4.78 is 27.3. The molecule has 6 nitrogen and oxygen atoms in total. The van der Waals surface area contributed by atoms with Crippen molar-refractivity contribution < 1.29 is 8.42 Å². The zero-order chi connectivity index (χ0) is 17.7. The fourth-order valence-corrected chi connectivity index (χ4v) is 4.57. The van der Waals surface area contributed by atoms with Gasteiger partial charge < -0.3 is 5.32 Å². The van der Waals surface area contributed by atoms with Crippen LogP contribution in [0.25, 0.3) is 0 Å². The van der Waals surface area contributed by atoms with E-state index in [9.17, 15) is 8.42 Å². The van der Waals surface area contributed by atoms with Crippen molar-refractivity contribution in [2.75, 3.05) is 16.6 Å². The maximum Gasteiger partial charge on any atom is 0.272 e. The van der Waals surface area contributed by atoms with E-state index in [4.69, 9.17) is 11.6 Å². The molecule has 0 bridgehead atoms. The van der Waals surface area contributed by atoms with Crippen LogP contribution in [0.3, 0.4) is 0 Å². The molecule has 1 aromatic carbocycles. The Labute approximate surface area is 154 Å². The minimum Gasteiger partial charge on any atom is -0.368 e. The summed E-state index contributed by atoms with van der Waals surface area (Å²) in [6, 6.07) is 16.3. The second-order valence-corrected chi connectivity index (χ2v) is 8.75. The van der Waals surface area contributed by atoms with Crippen LogP contribution in [0, 0.1) is 0 Å². The Hall–Kier alpha value is -2.16. The lowest BCUT2D eigenvalue weighted by Gasteiger charge is -2.07. The van der Waals surface area contributed by atoms with E-state index in [-0.39, 0.29) is 10.0 Å². The first kappa shape index (κ1) is 17.7. The van der Waals surface area contributed by atoms with E-state index in [1.54, 1.807) is 12.1 Å². The van der Waals surface area contributed by atoms with Crippen LogP contribution in [-0.2, 0) is 16.4 Å². The van der Waals surface area contributed by atoms with Crippen molar-refractivity contribution in [1.82, 2.24) is 10.2 Å². The average molecular weight is 395 g/mol. The first-order valence-electron chi connectivity index (χ1n) is 7.43. The van der Waals surface area contributed by atoms with Crippen molar-refractivity contribution in [1.29, 1.82) is 0 Å². The van der Waals surface area contributed by atoms with Gasteiger partial charge in [-0.05, 0) is 36.2 Å². The van der Waals surface area contributed by atoms with Gasteiger partial charge in [0.05, 0.1) is 4.34 Å². The Bertz CT molecular complexity index is 928. The summed E-state index contributed by atoms with van der Waals surface area (Å²) in [5.74, 6) is 0.733. The van der Waals surface area contributed by atoms with Crippen LogP contribution in [0.15, 0.2) is 58.8 Å². The van der Waals surface area contributed by atoms with E-state index >= 15 is 0 Å². The van der Waals surface area contributed by atoms with E-state index in [2.05, 4.69) is 32.4 Å². The van der Waals surface area contributed by atoms with Crippen LogP contribution >= 0.6 is 22.9 Å². The van der Waals surface area contributed by atoms with Gasteiger partial charge in [0.15, 0.2) is 5.82 Å². The quantitative estimate of drug-likeness (QED) is 0.639. The first-order valence-corrected chi connectivity index (χ1v) is 10.1. The van der Waals surface area contributed by atoms with E-state index in [0.717, 1.165) is 17.8 Å². The molecule has 0 amide bonds. The fourth-order valence-electron chi connectivity index (χ4n) is 2.09. The monoisotopic (exact) mass is 394 g/mol. The zero-order valence-corrected chi connectivity index (χ0v) is 15.4. The molecule has 0 aliphatic heterocycles. The Morgan fingerprint density at radius 3 is 2.32 bits per heavy atom. The predicted molar refractivity (Wildman–Crippen MR) is 101 cm³/mol. The van der Waals surface area contributed by atoms with E-state index < -0.39 is 10.0 Å². The number of nitrogens with one attached hydrogen (secondary N) is 2. The summed E-state index contributed by atoms with van der Waals surface area (Å²) in [4.78, 5) is 0. The highest BCUT2D eigenvalue weighted by molar-refractivity contribution is 7.94. The van der Waals surface area contributed by atoms with Crippen LogP contribution in [0.2, 0.25) is 4.34 Å². The van der Waals surface area contributed by atoms with Crippen molar-refractivity contribution in [2.24, 2.45) is 0 Å². The SMILES string of the molecule is O=S(=O)(Nc1ccc(NCCc2ccccc2)nn1)c1ccc(Cl)s1. The molecule has 9 heteroatoms. The average Bonchev–Trinajstić information content (AvgIpc) is 3.05. The Morgan fingerprint density at radius 2 is 1.68 bits per heavy atom. The summed E-state index contributed by atoms with van der Waals surface area (Å²) in [5, 5.41) is 11.0. The molecule has 0 spiro atoms. The lowest BCUT2D eigenvalue weighted by Crippen LogP contribution is -2.13. The third-order valence-electron chi connectivity index (χ3n) is 3.28. The molecular formula is C16H15ClN4O2S2.